The van der Waals surface area contributed by atoms with Crippen LogP contribution in [0.1, 0.15) is 23.5 Å². The molecule has 1 aromatic heterocycles. The molecule has 1 aliphatic heterocycles. The summed E-state index contributed by atoms with van der Waals surface area (Å²) in [5.74, 6) is -0.983. The lowest BCUT2D eigenvalue weighted by Crippen LogP contribution is -2.36. The summed E-state index contributed by atoms with van der Waals surface area (Å²) >= 11 is 7.49. The lowest BCUT2D eigenvalue weighted by Gasteiger charge is -2.23. The Labute approximate surface area is 187 Å². The second-order valence-electron chi connectivity index (χ2n) is 6.99. The van der Waals surface area contributed by atoms with Crippen molar-refractivity contribution in [3.63, 3.8) is 0 Å². The van der Waals surface area contributed by atoms with Gasteiger partial charge < -0.3 is 15.6 Å². The highest BCUT2D eigenvalue weighted by Crippen LogP contribution is 2.31. The molecule has 1 aliphatic rings. The van der Waals surface area contributed by atoms with Crippen molar-refractivity contribution >= 4 is 46.7 Å². The maximum atomic E-state index is 12.9. The Bertz CT molecular complexity index is 1180. The van der Waals surface area contributed by atoms with Crippen molar-refractivity contribution in [3.05, 3.63) is 81.1 Å². The fraction of sp³-hybridized carbons (Fsp3) is 0.182. The predicted octanol–water partition coefficient (Wildman–Crippen LogP) is 3.82. The third-order valence-electron chi connectivity index (χ3n) is 4.85. The van der Waals surface area contributed by atoms with Gasteiger partial charge in [-0.05, 0) is 24.1 Å². The largest absolute Gasteiger partial charge is 0.324 e. The number of rotatable bonds is 6. The van der Waals surface area contributed by atoms with Crippen LogP contribution in [0, 0.1) is 0 Å². The zero-order chi connectivity index (χ0) is 21.8. The van der Waals surface area contributed by atoms with E-state index in [2.05, 4.69) is 20.6 Å². The van der Waals surface area contributed by atoms with Crippen LogP contribution in [-0.4, -0.2) is 27.5 Å². The van der Waals surface area contributed by atoms with E-state index in [0.717, 1.165) is 6.42 Å². The summed E-state index contributed by atoms with van der Waals surface area (Å²) in [6.45, 7) is 0. The average Bonchev–Trinajstić information content (AvgIpc) is 2.75. The van der Waals surface area contributed by atoms with Gasteiger partial charge in [0.2, 0.25) is 11.8 Å². The smallest absolute Gasteiger partial charge is 0.257 e. The predicted molar refractivity (Wildman–Crippen MR) is 122 cm³/mol. The van der Waals surface area contributed by atoms with Crippen molar-refractivity contribution in [2.24, 2.45) is 0 Å². The van der Waals surface area contributed by atoms with Gasteiger partial charge in [0, 0.05) is 12.2 Å². The number of anilines is 2. The van der Waals surface area contributed by atoms with E-state index in [0.29, 0.717) is 21.6 Å². The summed E-state index contributed by atoms with van der Waals surface area (Å²) < 4.78 is 0. The van der Waals surface area contributed by atoms with Crippen molar-refractivity contribution in [2.45, 2.75) is 23.9 Å². The van der Waals surface area contributed by atoms with Crippen LogP contribution in [0.2, 0.25) is 5.02 Å². The number of para-hydroxylation sites is 1. The molecule has 0 fully saturated rings. The SMILES string of the molecule is O=C1C[C@H](C(=O)Nc2ccccc2Cl)c2c(nc(SCCc3ccccc3)[nH]c2=O)N1. The minimum atomic E-state index is -0.959. The van der Waals surface area contributed by atoms with E-state index in [4.69, 9.17) is 11.6 Å². The van der Waals surface area contributed by atoms with Crippen molar-refractivity contribution in [2.75, 3.05) is 16.4 Å². The number of thioether (sulfide) groups is 1. The number of amides is 2. The van der Waals surface area contributed by atoms with Gasteiger partial charge in [-0.25, -0.2) is 4.98 Å². The minimum absolute atomic E-state index is 0.126. The Morgan fingerprint density at radius 2 is 1.87 bits per heavy atom. The molecule has 4 rings (SSSR count). The molecular formula is C22H19ClN4O3S. The lowest BCUT2D eigenvalue weighted by molar-refractivity contribution is -0.123. The van der Waals surface area contributed by atoms with Crippen molar-refractivity contribution in [3.8, 4) is 0 Å². The Morgan fingerprint density at radius 3 is 2.65 bits per heavy atom. The first-order chi connectivity index (χ1) is 15.0. The number of carbonyl (C=O) groups is 2. The molecule has 0 unspecified atom stereocenters. The highest BCUT2D eigenvalue weighted by molar-refractivity contribution is 7.99. The molecular weight excluding hydrogens is 436 g/mol. The Morgan fingerprint density at radius 1 is 1.13 bits per heavy atom. The summed E-state index contributed by atoms with van der Waals surface area (Å²) in [6, 6.07) is 16.7. The number of fused-ring (bicyclic) bond motifs is 1. The van der Waals surface area contributed by atoms with Gasteiger partial charge in [-0.2, -0.15) is 0 Å². The van der Waals surface area contributed by atoms with Crippen LogP contribution >= 0.6 is 23.4 Å². The number of hydrogen-bond acceptors (Lipinski definition) is 5. The molecule has 0 radical (unpaired) electrons. The maximum absolute atomic E-state index is 12.9. The number of hydrogen-bond donors (Lipinski definition) is 3. The van der Waals surface area contributed by atoms with Crippen molar-refractivity contribution in [1.29, 1.82) is 0 Å². The van der Waals surface area contributed by atoms with Gasteiger partial charge in [-0.1, -0.05) is 65.8 Å². The van der Waals surface area contributed by atoms with E-state index in [1.807, 2.05) is 30.3 Å². The average molecular weight is 455 g/mol. The standard InChI is InChI=1S/C22H19ClN4O3S/c23-15-8-4-5-9-16(15)24-20(29)14-12-17(28)25-19-18(14)21(30)27-22(26-19)31-11-10-13-6-2-1-3-7-13/h1-9,14H,10-12H2,(H,24,29)(H2,25,26,27,28,30)/t14-/m0/s1. The molecule has 31 heavy (non-hydrogen) atoms. The summed E-state index contributed by atoms with van der Waals surface area (Å²) in [7, 11) is 0. The third kappa shape index (κ3) is 4.98. The number of nitrogens with one attached hydrogen (secondary N) is 3. The monoisotopic (exact) mass is 454 g/mol. The van der Waals surface area contributed by atoms with Crippen LogP contribution in [0.4, 0.5) is 11.5 Å². The van der Waals surface area contributed by atoms with Crippen LogP contribution in [-0.2, 0) is 16.0 Å². The molecule has 0 saturated carbocycles. The Kier molecular flexibility index (Phi) is 6.39. The maximum Gasteiger partial charge on any atom is 0.257 e. The Balaban J connectivity index is 1.53. The van der Waals surface area contributed by atoms with Crippen LogP contribution in [0.3, 0.4) is 0 Å². The fourth-order valence-electron chi connectivity index (χ4n) is 3.34. The summed E-state index contributed by atoms with van der Waals surface area (Å²) in [5.41, 5.74) is 1.31. The quantitative estimate of drug-likeness (QED) is 0.388. The number of aryl methyl sites for hydroxylation is 1. The molecule has 3 aromatic rings. The first-order valence-electron chi connectivity index (χ1n) is 9.67. The number of halogens is 1. The summed E-state index contributed by atoms with van der Waals surface area (Å²) in [6.07, 6.45) is 0.663. The van der Waals surface area contributed by atoms with Gasteiger partial charge >= 0.3 is 0 Å². The number of nitrogens with zero attached hydrogens (tertiary/aromatic N) is 1. The lowest BCUT2D eigenvalue weighted by atomic mass is 9.92. The molecule has 2 heterocycles. The van der Waals surface area contributed by atoms with Crippen LogP contribution in [0.25, 0.3) is 0 Å². The van der Waals surface area contributed by atoms with Gasteiger partial charge in [0.25, 0.3) is 5.56 Å². The van der Waals surface area contributed by atoms with Gasteiger partial charge in [0.1, 0.15) is 5.82 Å². The third-order valence-corrected chi connectivity index (χ3v) is 6.05. The number of carbonyl (C=O) groups excluding carboxylic acids is 2. The number of benzene rings is 2. The zero-order valence-electron chi connectivity index (χ0n) is 16.4. The molecule has 7 nitrogen and oxygen atoms in total. The summed E-state index contributed by atoms with van der Waals surface area (Å²) in [4.78, 5) is 45.0. The normalized spacial score (nSPS) is 15.1. The number of aromatic amines is 1. The number of H-pyrrole nitrogens is 1. The summed E-state index contributed by atoms with van der Waals surface area (Å²) in [5, 5.41) is 6.08. The van der Waals surface area contributed by atoms with Crippen molar-refractivity contribution < 1.29 is 9.59 Å². The molecule has 3 N–H and O–H groups in total. The van der Waals surface area contributed by atoms with Crippen LogP contribution in [0.15, 0.2) is 64.5 Å². The van der Waals surface area contributed by atoms with E-state index in [1.165, 1.54) is 17.3 Å². The highest BCUT2D eigenvalue weighted by Gasteiger charge is 2.35. The van der Waals surface area contributed by atoms with E-state index < -0.39 is 17.4 Å². The molecule has 0 spiro atoms. The molecule has 1 atom stereocenters. The molecule has 2 aromatic carbocycles. The first kappa shape index (κ1) is 21.1. The first-order valence-corrected chi connectivity index (χ1v) is 11.0. The van der Waals surface area contributed by atoms with Gasteiger partial charge in [-0.3, -0.25) is 14.4 Å². The van der Waals surface area contributed by atoms with E-state index in [1.54, 1.807) is 24.3 Å². The van der Waals surface area contributed by atoms with Gasteiger partial charge in [0.15, 0.2) is 5.16 Å². The highest BCUT2D eigenvalue weighted by atomic mass is 35.5. The van der Waals surface area contributed by atoms with E-state index in [9.17, 15) is 14.4 Å². The minimum Gasteiger partial charge on any atom is -0.324 e. The molecule has 2 amide bonds. The van der Waals surface area contributed by atoms with Crippen LogP contribution in [0.5, 0.6) is 0 Å². The fourth-order valence-corrected chi connectivity index (χ4v) is 4.37. The van der Waals surface area contributed by atoms with E-state index in [-0.39, 0.29) is 23.7 Å². The topological polar surface area (TPSA) is 104 Å². The zero-order valence-corrected chi connectivity index (χ0v) is 17.9. The molecule has 0 saturated heterocycles. The van der Waals surface area contributed by atoms with Gasteiger partial charge in [0.05, 0.1) is 22.2 Å². The van der Waals surface area contributed by atoms with Gasteiger partial charge in [-0.15, -0.1) is 0 Å². The second kappa shape index (κ2) is 9.36. The van der Waals surface area contributed by atoms with Crippen molar-refractivity contribution in [1.82, 2.24) is 9.97 Å². The molecule has 9 heteroatoms. The Hall–Kier alpha value is -3.10. The second-order valence-corrected chi connectivity index (χ2v) is 8.48. The van der Waals surface area contributed by atoms with Crippen LogP contribution < -0.4 is 16.2 Å². The molecule has 0 aliphatic carbocycles. The molecule has 0 bridgehead atoms. The molecule has 158 valence electrons. The van der Waals surface area contributed by atoms with E-state index >= 15 is 0 Å². The number of aromatic nitrogens is 2.